The lowest BCUT2D eigenvalue weighted by molar-refractivity contribution is 0.311. The van der Waals surface area contributed by atoms with Gasteiger partial charge >= 0.3 is 0 Å². The van der Waals surface area contributed by atoms with E-state index in [1.165, 1.54) is 0 Å². The molecule has 0 spiro atoms. The summed E-state index contributed by atoms with van der Waals surface area (Å²) in [6, 6.07) is 15.9. The van der Waals surface area contributed by atoms with Crippen molar-refractivity contribution in [2.45, 2.75) is 20.4 Å². The molecule has 1 heterocycles. The maximum absolute atomic E-state index is 5.57. The second-order valence-corrected chi connectivity index (χ2v) is 6.99. The first-order valence-corrected chi connectivity index (χ1v) is 10.5. The summed E-state index contributed by atoms with van der Waals surface area (Å²) >= 11 is 1.63. The largest absolute Gasteiger partial charge is 0.493 e. The van der Waals surface area contributed by atoms with E-state index in [0.717, 1.165) is 34.2 Å². The fourth-order valence-corrected chi connectivity index (χ4v) is 3.53. The van der Waals surface area contributed by atoms with Gasteiger partial charge in [0.1, 0.15) is 5.01 Å². The molecule has 2 aromatic carbocycles. The summed E-state index contributed by atoms with van der Waals surface area (Å²) in [6.07, 6.45) is 0. The first-order chi connectivity index (χ1) is 14.2. The maximum Gasteiger partial charge on any atom is 0.196 e. The number of methoxy groups -OCH3 is 1. The summed E-state index contributed by atoms with van der Waals surface area (Å²) in [7, 11) is 1.63. The van der Waals surface area contributed by atoms with Gasteiger partial charge < -0.3 is 20.1 Å². The molecular weight excluding hydrogens is 384 g/mol. The molecule has 0 aliphatic heterocycles. The van der Waals surface area contributed by atoms with Gasteiger partial charge in [-0.2, -0.15) is 0 Å². The SMILES string of the molecule is CCNC(=NCc1csc(-c2ccccc2)n1)Nc1ccc(OCC)c(OC)c1. The molecule has 3 rings (SSSR count). The summed E-state index contributed by atoms with van der Waals surface area (Å²) in [4.78, 5) is 9.37. The highest BCUT2D eigenvalue weighted by atomic mass is 32.1. The third-order valence-corrected chi connectivity index (χ3v) is 4.98. The van der Waals surface area contributed by atoms with Gasteiger partial charge in [0.05, 0.1) is 26.0 Å². The average molecular weight is 411 g/mol. The molecule has 29 heavy (non-hydrogen) atoms. The van der Waals surface area contributed by atoms with Gasteiger partial charge in [-0.25, -0.2) is 9.98 Å². The topological polar surface area (TPSA) is 67.8 Å². The monoisotopic (exact) mass is 410 g/mol. The minimum Gasteiger partial charge on any atom is -0.493 e. The third kappa shape index (κ3) is 5.71. The van der Waals surface area contributed by atoms with Crippen molar-refractivity contribution in [2.75, 3.05) is 25.6 Å². The van der Waals surface area contributed by atoms with Crippen molar-refractivity contribution in [3.8, 4) is 22.1 Å². The van der Waals surface area contributed by atoms with Crippen LogP contribution in [0.25, 0.3) is 10.6 Å². The minimum atomic E-state index is 0.493. The van der Waals surface area contributed by atoms with Crippen LogP contribution in [0.4, 0.5) is 5.69 Å². The molecule has 7 heteroatoms. The maximum atomic E-state index is 5.57. The number of guanidine groups is 1. The van der Waals surface area contributed by atoms with Crippen LogP contribution in [0.3, 0.4) is 0 Å². The van der Waals surface area contributed by atoms with Crippen molar-refractivity contribution in [3.63, 3.8) is 0 Å². The molecule has 1 aromatic heterocycles. The van der Waals surface area contributed by atoms with E-state index in [0.29, 0.717) is 24.9 Å². The highest BCUT2D eigenvalue weighted by molar-refractivity contribution is 7.13. The zero-order valence-electron chi connectivity index (χ0n) is 16.9. The van der Waals surface area contributed by atoms with Gasteiger partial charge in [-0.05, 0) is 26.0 Å². The van der Waals surface area contributed by atoms with E-state index in [1.54, 1.807) is 18.4 Å². The van der Waals surface area contributed by atoms with E-state index in [2.05, 4.69) is 33.1 Å². The van der Waals surface area contributed by atoms with Crippen LogP contribution in [0, 0.1) is 0 Å². The average Bonchev–Trinajstić information content (AvgIpc) is 3.23. The van der Waals surface area contributed by atoms with Crippen LogP contribution in [0.2, 0.25) is 0 Å². The molecule has 6 nitrogen and oxygen atoms in total. The van der Waals surface area contributed by atoms with Crippen molar-refractivity contribution in [1.82, 2.24) is 10.3 Å². The standard InChI is InChI=1S/C22H26N4O2S/c1-4-23-22(26-17-11-12-19(28-5-2)20(13-17)27-3)24-14-18-15-29-21(25-18)16-9-7-6-8-10-16/h6-13,15H,4-5,14H2,1-3H3,(H2,23,24,26). The van der Waals surface area contributed by atoms with Crippen LogP contribution in [0.15, 0.2) is 58.9 Å². The summed E-state index contributed by atoms with van der Waals surface area (Å²) in [5.41, 5.74) is 2.93. The van der Waals surface area contributed by atoms with Crippen LogP contribution in [-0.4, -0.2) is 31.2 Å². The van der Waals surface area contributed by atoms with Crippen molar-refractivity contribution in [1.29, 1.82) is 0 Å². The van der Waals surface area contributed by atoms with Crippen molar-refractivity contribution < 1.29 is 9.47 Å². The fraction of sp³-hybridized carbons (Fsp3) is 0.273. The number of hydrogen-bond acceptors (Lipinski definition) is 5. The van der Waals surface area contributed by atoms with E-state index in [4.69, 9.17) is 14.5 Å². The Morgan fingerprint density at radius 1 is 1.10 bits per heavy atom. The van der Waals surface area contributed by atoms with Crippen molar-refractivity contribution >= 4 is 23.0 Å². The van der Waals surface area contributed by atoms with Gasteiger partial charge in [-0.15, -0.1) is 11.3 Å². The molecule has 0 unspecified atom stereocenters. The molecule has 0 atom stereocenters. The lowest BCUT2D eigenvalue weighted by Gasteiger charge is -2.14. The molecule has 3 aromatic rings. The summed E-state index contributed by atoms with van der Waals surface area (Å²) < 4.78 is 11.0. The molecule has 0 bridgehead atoms. The number of nitrogens with one attached hydrogen (secondary N) is 2. The number of rotatable bonds is 8. The Morgan fingerprint density at radius 3 is 2.66 bits per heavy atom. The van der Waals surface area contributed by atoms with Crippen molar-refractivity contribution in [3.05, 3.63) is 59.6 Å². The number of nitrogens with zero attached hydrogens (tertiary/aromatic N) is 2. The highest BCUT2D eigenvalue weighted by Crippen LogP contribution is 2.30. The number of benzene rings is 2. The zero-order chi connectivity index (χ0) is 20.5. The Morgan fingerprint density at radius 2 is 1.93 bits per heavy atom. The lowest BCUT2D eigenvalue weighted by Crippen LogP contribution is -2.30. The van der Waals surface area contributed by atoms with E-state index in [-0.39, 0.29) is 0 Å². The number of aromatic nitrogens is 1. The minimum absolute atomic E-state index is 0.493. The van der Waals surface area contributed by atoms with E-state index in [9.17, 15) is 0 Å². The van der Waals surface area contributed by atoms with Gasteiger partial charge in [0.15, 0.2) is 17.5 Å². The zero-order valence-corrected chi connectivity index (χ0v) is 17.8. The Labute approximate surface area is 175 Å². The molecule has 0 aliphatic rings. The number of hydrogen-bond donors (Lipinski definition) is 2. The fourth-order valence-electron chi connectivity index (χ4n) is 2.72. The van der Waals surface area contributed by atoms with Gasteiger partial charge in [-0.3, -0.25) is 0 Å². The van der Waals surface area contributed by atoms with E-state index in [1.807, 2.05) is 50.2 Å². The summed E-state index contributed by atoms with van der Waals surface area (Å²) in [5.74, 6) is 2.09. The molecule has 0 aliphatic carbocycles. The number of aliphatic imine (C=N–C) groups is 1. The van der Waals surface area contributed by atoms with Gasteiger partial charge in [0.25, 0.3) is 0 Å². The van der Waals surface area contributed by atoms with Crippen LogP contribution < -0.4 is 20.1 Å². The van der Waals surface area contributed by atoms with Gasteiger partial charge in [0, 0.05) is 29.2 Å². The molecule has 2 N–H and O–H groups in total. The van der Waals surface area contributed by atoms with E-state index < -0.39 is 0 Å². The number of ether oxygens (including phenoxy) is 2. The third-order valence-electron chi connectivity index (χ3n) is 4.04. The summed E-state index contributed by atoms with van der Waals surface area (Å²) in [6.45, 7) is 5.82. The molecule has 0 amide bonds. The first-order valence-electron chi connectivity index (χ1n) is 9.59. The molecular formula is C22H26N4O2S. The Bertz CT molecular complexity index is 941. The predicted molar refractivity (Wildman–Crippen MR) is 120 cm³/mol. The quantitative estimate of drug-likeness (QED) is 0.413. The first kappa shape index (κ1) is 20.7. The molecule has 0 saturated carbocycles. The van der Waals surface area contributed by atoms with E-state index >= 15 is 0 Å². The summed E-state index contributed by atoms with van der Waals surface area (Å²) in [5, 5.41) is 9.63. The molecule has 0 saturated heterocycles. The predicted octanol–water partition coefficient (Wildman–Crippen LogP) is 4.80. The van der Waals surface area contributed by atoms with Crippen LogP contribution in [0.1, 0.15) is 19.5 Å². The van der Waals surface area contributed by atoms with Crippen LogP contribution in [0.5, 0.6) is 11.5 Å². The Kier molecular flexibility index (Phi) is 7.47. The number of anilines is 1. The Hall–Kier alpha value is -3.06. The molecule has 0 fully saturated rings. The van der Waals surface area contributed by atoms with Crippen molar-refractivity contribution in [2.24, 2.45) is 4.99 Å². The molecule has 0 radical (unpaired) electrons. The number of thiazole rings is 1. The second-order valence-electron chi connectivity index (χ2n) is 6.13. The highest BCUT2D eigenvalue weighted by Gasteiger charge is 2.08. The van der Waals surface area contributed by atoms with Crippen LogP contribution >= 0.6 is 11.3 Å². The smallest absolute Gasteiger partial charge is 0.196 e. The van der Waals surface area contributed by atoms with Gasteiger partial charge in [0.2, 0.25) is 0 Å². The Balaban J connectivity index is 1.71. The second kappa shape index (κ2) is 10.5. The lowest BCUT2D eigenvalue weighted by atomic mass is 10.2. The molecule has 152 valence electrons. The van der Waals surface area contributed by atoms with Crippen LogP contribution in [-0.2, 0) is 6.54 Å². The van der Waals surface area contributed by atoms with Gasteiger partial charge in [-0.1, -0.05) is 30.3 Å². The normalized spacial score (nSPS) is 11.2.